The summed E-state index contributed by atoms with van der Waals surface area (Å²) in [5.74, 6) is -5.02. The number of carboxylic acids is 2. The van der Waals surface area contributed by atoms with Crippen molar-refractivity contribution in [3.63, 3.8) is 0 Å². The van der Waals surface area contributed by atoms with E-state index in [4.69, 9.17) is 10.2 Å². The Morgan fingerprint density at radius 1 is 0.667 bits per heavy atom. The zero-order valence-corrected chi connectivity index (χ0v) is 14.5. The van der Waals surface area contributed by atoms with Crippen LogP contribution in [0.4, 0.5) is 0 Å². The predicted molar refractivity (Wildman–Crippen MR) is 82.5 cm³/mol. The van der Waals surface area contributed by atoms with Gasteiger partial charge < -0.3 is 10.2 Å². The Morgan fingerprint density at radius 2 is 0.917 bits per heavy atom. The second-order valence-corrected chi connectivity index (χ2v) is 7.03. The summed E-state index contributed by atoms with van der Waals surface area (Å²) in [6.45, 7) is 9.47. The lowest BCUT2D eigenvalue weighted by atomic mass is 9.86. The molecule has 0 aliphatic rings. The van der Waals surface area contributed by atoms with E-state index in [1.165, 1.54) is 0 Å². The van der Waals surface area contributed by atoms with E-state index in [-0.39, 0.29) is 11.1 Å². The molecule has 0 atom stereocenters. The van der Waals surface area contributed by atoms with Gasteiger partial charge in [0.25, 0.3) is 0 Å². The smallest absolute Gasteiger partial charge is 0.383 e. The molecule has 0 aromatic carbocycles. The molecule has 8 nitrogen and oxygen atoms in total. The first-order valence-electron chi connectivity index (χ1n) is 6.99. The van der Waals surface area contributed by atoms with Gasteiger partial charge in [0.15, 0.2) is 0 Å². The van der Waals surface area contributed by atoms with Crippen molar-refractivity contribution in [3.05, 3.63) is 23.3 Å². The molecule has 0 aliphatic heterocycles. The van der Waals surface area contributed by atoms with Crippen LogP contribution in [0.1, 0.15) is 41.5 Å². The third kappa shape index (κ3) is 7.08. The number of carbonyl (C=O) groups is 4. The molecule has 0 bridgehead atoms. The first-order valence-corrected chi connectivity index (χ1v) is 6.99. The van der Waals surface area contributed by atoms with Crippen LogP contribution in [0.3, 0.4) is 0 Å². The highest BCUT2D eigenvalue weighted by Gasteiger charge is 2.31. The van der Waals surface area contributed by atoms with Crippen molar-refractivity contribution in [3.8, 4) is 0 Å². The summed E-state index contributed by atoms with van der Waals surface area (Å²) in [5, 5.41) is 17.6. The molecule has 0 aliphatic carbocycles. The molecule has 24 heavy (non-hydrogen) atoms. The van der Waals surface area contributed by atoms with Crippen molar-refractivity contribution >= 4 is 23.9 Å². The number of hydrogen-bond acceptors (Lipinski definition) is 6. The fourth-order valence-electron chi connectivity index (χ4n) is 1.58. The Bertz CT molecular complexity index is 543. The molecule has 0 radical (unpaired) electrons. The largest absolute Gasteiger partial charge is 0.478 e. The molecule has 0 aromatic rings. The number of aliphatic carboxylic acids is 2. The maximum atomic E-state index is 12.0. The van der Waals surface area contributed by atoms with Crippen molar-refractivity contribution < 1.29 is 39.2 Å². The van der Waals surface area contributed by atoms with Gasteiger partial charge in [0, 0.05) is 12.2 Å². The van der Waals surface area contributed by atoms with Gasteiger partial charge in [0.1, 0.15) is 0 Å². The third-order valence-electron chi connectivity index (χ3n) is 2.78. The van der Waals surface area contributed by atoms with E-state index in [2.05, 4.69) is 9.78 Å². The van der Waals surface area contributed by atoms with E-state index >= 15 is 0 Å². The van der Waals surface area contributed by atoms with E-state index in [1.807, 2.05) is 0 Å². The summed E-state index contributed by atoms with van der Waals surface area (Å²) in [5.41, 5.74) is -2.18. The van der Waals surface area contributed by atoms with Gasteiger partial charge in [-0.15, -0.1) is 0 Å². The van der Waals surface area contributed by atoms with E-state index in [0.717, 1.165) is 0 Å². The summed E-state index contributed by atoms with van der Waals surface area (Å²) in [6.07, 6.45) is 1.32. The van der Waals surface area contributed by atoms with E-state index in [1.54, 1.807) is 41.5 Å². The molecule has 0 aromatic heterocycles. The minimum absolute atomic E-state index is 0.220. The molecular formula is C16H22O8. The molecule has 134 valence electrons. The van der Waals surface area contributed by atoms with Crippen molar-refractivity contribution in [2.75, 3.05) is 0 Å². The Kier molecular flexibility index (Phi) is 6.91. The van der Waals surface area contributed by atoms with Crippen LogP contribution in [0.5, 0.6) is 0 Å². The maximum absolute atomic E-state index is 12.0. The van der Waals surface area contributed by atoms with Crippen LogP contribution in [-0.4, -0.2) is 34.1 Å². The fourth-order valence-corrected chi connectivity index (χ4v) is 1.58. The van der Waals surface area contributed by atoms with Crippen molar-refractivity contribution in [1.82, 2.24) is 0 Å². The molecule has 0 rings (SSSR count). The summed E-state index contributed by atoms with van der Waals surface area (Å²) >= 11 is 0. The van der Waals surface area contributed by atoms with Crippen LogP contribution >= 0.6 is 0 Å². The topological polar surface area (TPSA) is 127 Å². The minimum Gasteiger partial charge on any atom is -0.478 e. The van der Waals surface area contributed by atoms with E-state index < -0.39 is 34.7 Å². The Hall–Kier alpha value is -2.64. The van der Waals surface area contributed by atoms with Crippen LogP contribution in [0.25, 0.3) is 0 Å². The van der Waals surface area contributed by atoms with Crippen molar-refractivity contribution in [2.45, 2.75) is 41.5 Å². The van der Waals surface area contributed by atoms with Crippen molar-refractivity contribution in [1.29, 1.82) is 0 Å². The average Bonchev–Trinajstić information content (AvgIpc) is 2.36. The normalized spacial score (nSPS) is 13.2. The Morgan fingerprint density at radius 3 is 1.08 bits per heavy atom. The van der Waals surface area contributed by atoms with Gasteiger partial charge in [0.05, 0.1) is 11.1 Å². The molecule has 0 saturated heterocycles. The Balaban J connectivity index is 5.31. The number of hydrogen-bond donors (Lipinski definition) is 2. The molecular weight excluding hydrogens is 320 g/mol. The quantitative estimate of drug-likeness (QED) is 0.452. The fraction of sp³-hybridized carbons (Fsp3) is 0.500. The lowest BCUT2D eigenvalue weighted by molar-refractivity contribution is -0.253. The zero-order chi connectivity index (χ0) is 19.3. The first kappa shape index (κ1) is 21.4. The minimum atomic E-state index is -1.36. The molecule has 8 heteroatoms. The molecule has 2 N–H and O–H groups in total. The van der Waals surface area contributed by atoms with Gasteiger partial charge in [-0.2, -0.15) is 0 Å². The van der Waals surface area contributed by atoms with Gasteiger partial charge in [-0.1, -0.05) is 41.5 Å². The van der Waals surface area contributed by atoms with Gasteiger partial charge >= 0.3 is 23.9 Å². The SMILES string of the molecule is CC(C)(C)/C(=C/C(=O)O)C(=O)OOC(=O)/C(=C\C(=O)O)C(C)(C)C. The first-order chi connectivity index (χ1) is 10.7. The monoisotopic (exact) mass is 342 g/mol. The van der Waals surface area contributed by atoms with Crippen molar-refractivity contribution in [2.24, 2.45) is 10.8 Å². The highest BCUT2D eigenvalue weighted by Crippen LogP contribution is 2.28. The zero-order valence-electron chi connectivity index (χ0n) is 14.5. The number of carboxylic acid groups (broad SMARTS) is 2. The van der Waals surface area contributed by atoms with Crippen LogP contribution in [0, 0.1) is 10.8 Å². The van der Waals surface area contributed by atoms with Crippen LogP contribution in [0.2, 0.25) is 0 Å². The standard InChI is InChI=1S/C16H22O8/c1-15(2,3)9(7-11(17)18)13(21)23-24-14(22)10(8-12(19)20)16(4,5)6/h7-8H,1-6H3,(H,17,18)(H,19,20)/b9-7+,10-8+. The molecule has 0 heterocycles. The molecule has 0 spiro atoms. The molecule has 0 saturated carbocycles. The lowest BCUT2D eigenvalue weighted by Gasteiger charge is -2.22. The molecule has 0 amide bonds. The van der Waals surface area contributed by atoms with Crippen LogP contribution in [0.15, 0.2) is 23.3 Å². The van der Waals surface area contributed by atoms with Gasteiger partial charge in [-0.05, 0) is 10.8 Å². The predicted octanol–water partition coefficient (Wildman–Crippen LogP) is 2.10. The second kappa shape index (κ2) is 7.76. The maximum Gasteiger partial charge on any atom is 0.383 e. The lowest BCUT2D eigenvalue weighted by Crippen LogP contribution is -2.26. The summed E-state index contributed by atoms with van der Waals surface area (Å²) in [4.78, 5) is 54.3. The van der Waals surface area contributed by atoms with E-state index in [0.29, 0.717) is 12.2 Å². The van der Waals surface area contributed by atoms with Gasteiger partial charge in [-0.25, -0.2) is 29.0 Å². The average molecular weight is 342 g/mol. The number of carbonyl (C=O) groups excluding carboxylic acids is 2. The Labute approximate surface area is 139 Å². The van der Waals surface area contributed by atoms with Crippen LogP contribution in [-0.2, 0) is 29.0 Å². The summed E-state index contributed by atoms with van der Waals surface area (Å²) in [6, 6.07) is 0. The molecule has 0 unspecified atom stereocenters. The second-order valence-electron chi connectivity index (χ2n) is 7.03. The number of rotatable bonds is 4. The summed E-state index contributed by atoms with van der Waals surface area (Å²) < 4.78 is 0. The highest BCUT2D eigenvalue weighted by molar-refractivity contribution is 5.98. The summed E-state index contributed by atoms with van der Waals surface area (Å²) in [7, 11) is 0. The molecule has 0 fully saturated rings. The van der Waals surface area contributed by atoms with Crippen LogP contribution < -0.4 is 0 Å². The highest BCUT2D eigenvalue weighted by atomic mass is 17.2. The van der Waals surface area contributed by atoms with Gasteiger partial charge in [0.2, 0.25) is 0 Å². The third-order valence-corrected chi connectivity index (χ3v) is 2.78. The van der Waals surface area contributed by atoms with Gasteiger partial charge in [-0.3, -0.25) is 0 Å². The van der Waals surface area contributed by atoms with E-state index in [9.17, 15) is 19.2 Å².